The van der Waals surface area contributed by atoms with Crippen LogP contribution in [0.2, 0.25) is 0 Å². The molecule has 1 aromatic rings. The summed E-state index contributed by atoms with van der Waals surface area (Å²) in [6.45, 7) is 0.118. The summed E-state index contributed by atoms with van der Waals surface area (Å²) in [5.74, 6) is -2.04. The van der Waals surface area contributed by atoms with Gasteiger partial charge < -0.3 is 15.2 Å². The number of carbonyl (C=O) groups excluding carboxylic acids is 1. The summed E-state index contributed by atoms with van der Waals surface area (Å²) in [5.41, 5.74) is 0.522. The van der Waals surface area contributed by atoms with Gasteiger partial charge in [-0.05, 0) is 23.8 Å². The van der Waals surface area contributed by atoms with Crippen LogP contribution in [-0.4, -0.2) is 30.3 Å². The number of anilines is 1. The molecule has 0 unspecified atom stereocenters. The summed E-state index contributed by atoms with van der Waals surface area (Å²) in [6, 6.07) is 3.98. The lowest BCUT2D eigenvalue weighted by Gasteiger charge is -2.10. The quantitative estimate of drug-likeness (QED) is 0.847. The van der Waals surface area contributed by atoms with Crippen molar-refractivity contribution in [2.24, 2.45) is 0 Å². The van der Waals surface area contributed by atoms with E-state index in [1.807, 2.05) is 0 Å². The Balaban J connectivity index is 2.81. The molecule has 0 heterocycles. The summed E-state index contributed by atoms with van der Waals surface area (Å²) >= 11 is 0. The Morgan fingerprint density at radius 1 is 1.29 bits per heavy atom. The first-order valence-electron chi connectivity index (χ1n) is 5.94. The third-order valence-electron chi connectivity index (χ3n) is 2.47. The van der Waals surface area contributed by atoms with E-state index in [1.165, 1.54) is 25.3 Å². The zero-order valence-corrected chi connectivity index (χ0v) is 11.2. The molecule has 0 aromatic heterocycles. The topological polar surface area (TPSA) is 75.6 Å². The second-order valence-electron chi connectivity index (χ2n) is 4.32. The van der Waals surface area contributed by atoms with Crippen LogP contribution in [0.15, 0.2) is 18.2 Å². The van der Waals surface area contributed by atoms with E-state index in [-0.39, 0.29) is 17.9 Å². The molecule has 0 radical (unpaired) electrons. The van der Waals surface area contributed by atoms with Gasteiger partial charge in [0, 0.05) is 19.2 Å². The molecule has 0 saturated heterocycles. The molecule has 0 aliphatic heterocycles. The average Bonchev–Trinajstić information content (AvgIpc) is 2.35. The molecular weight excluding hydrogens is 291 g/mol. The van der Waals surface area contributed by atoms with E-state index in [2.05, 4.69) is 5.32 Å². The summed E-state index contributed by atoms with van der Waals surface area (Å²) < 4.78 is 40.9. The summed E-state index contributed by atoms with van der Waals surface area (Å²) in [5, 5.41) is 11.2. The van der Waals surface area contributed by atoms with Gasteiger partial charge in [-0.2, -0.15) is 13.2 Å². The molecule has 0 bridgehead atoms. The maximum Gasteiger partial charge on any atom is 0.389 e. The molecule has 0 atom stereocenters. The van der Waals surface area contributed by atoms with Gasteiger partial charge >= 0.3 is 12.1 Å². The molecule has 5 nitrogen and oxygen atoms in total. The Hall–Kier alpha value is -2.09. The van der Waals surface area contributed by atoms with Crippen molar-refractivity contribution in [1.82, 2.24) is 0 Å². The maximum absolute atomic E-state index is 12.0. The molecule has 0 spiro atoms. The van der Waals surface area contributed by atoms with Crippen LogP contribution in [0.25, 0.3) is 0 Å². The van der Waals surface area contributed by atoms with Gasteiger partial charge in [-0.1, -0.05) is 0 Å². The van der Waals surface area contributed by atoms with Crippen LogP contribution < -0.4 is 5.32 Å². The van der Waals surface area contributed by atoms with Crippen LogP contribution in [0.3, 0.4) is 0 Å². The third kappa shape index (κ3) is 6.26. The highest BCUT2D eigenvalue weighted by molar-refractivity contribution is 5.94. The van der Waals surface area contributed by atoms with Crippen LogP contribution in [0.5, 0.6) is 0 Å². The molecule has 8 heteroatoms. The lowest BCUT2D eigenvalue weighted by molar-refractivity contribution is -0.142. The number of rotatable bonds is 6. The number of alkyl halides is 3. The molecule has 1 amide bonds. The molecule has 116 valence electrons. The fourth-order valence-corrected chi connectivity index (χ4v) is 1.62. The van der Waals surface area contributed by atoms with Crippen LogP contribution in [-0.2, 0) is 16.1 Å². The van der Waals surface area contributed by atoms with E-state index >= 15 is 0 Å². The minimum Gasteiger partial charge on any atom is -0.478 e. The number of benzene rings is 1. The summed E-state index contributed by atoms with van der Waals surface area (Å²) in [6.07, 6.45) is -6.37. The van der Waals surface area contributed by atoms with E-state index in [9.17, 15) is 22.8 Å². The maximum atomic E-state index is 12.0. The SMILES string of the molecule is COCc1cc(NC(=O)CCC(F)(F)F)cc(C(=O)O)c1. The van der Waals surface area contributed by atoms with Crippen molar-refractivity contribution in [3.63, 3.8) is 0 Å². The highest BCUT2D eigenvalue weighted by Crippen LogP contribution is 2.22. The van der Waals surface area contributed by atoms with E-state index < -0.39 is 30.9 Å². The Bertz CT molecular complexity index is 529. The molecule has 0 aliphatic carbocycles. The van der Waals surface area contributed by atoms with Gasteiger partial charge in [0.1, 0.15) is 0 Å². The minimum absolute atomic E-state index is 0.0873. The Kier molecular flexibility index (Phi) is 5.71. The van der Waals surface area contributed by atoms with Gasteiger partial charge in [0.2, 0.25) is 5.91 Å². The monoisotopic (exact) mass is 305 g/mol. The van der Waals surface area contributed by atoms with Gasteiger partial charge in [0.15, 0.2) is 0 Å². The van der Waals surface area contributed by atoms with Crippen molar-refractivity contribution in [2.45, 2.75) is 25.6 Å². The molecule has 2 N–H and O–H groups in total. The molecule has 0 fully saturated rings. The smallest absolute Gasteiger partial charge is 0.389 e. The normalized spacial score (nSPS) is 11.2. The number of nitrogens with one attached hydrogen (secondary N) is 1. The fourth-order valence-electron chi connectivity index (χ4n) is 1.62. The van der Waals surface area contributed by atoms with Gasteiger partial charge in [-0.25, -0.2) is 4.79 Å². The third-order valence-corrected chi connectivity index (χ3v) is 2.47. The molecule has 1 aromatic carbocycles. The van der Waals surface area contributed by atoms with Gasteiger partial charge in [-0.15, -0.1) is 0 Å². The number of methoxy groups -OCH3 is 1. The molecule has 1 rings (SSSR count). The fraction of sp³-hybridized carbons (Fsp3) is 0.385. The highest BCUT2D eigenvalue weighted by atomic mass is 19.4. The van der Waals surface area contributed by atoms with E-state index in [1.54, 1.807) is 0 Å². The Labute approximate surface area is 118 Å². The van der Waals surface area contributed by atoms with E-state index in [4.69, 9.17) is 9.84 Å². The van der Waals surface area contributed by atoms with Crippen LogP contribution in [0, 0.1) is 0 Å². The van der Waals surface area contributed by atoms with Gasteiger partial charge in [-0.3, -0.25) is 4.79 Å². The lowest BCUT2D eigenvalue weighted by Crippen LogP contribution is -2.17. The second kappa shape index (κ2) is 7.07. The van der Waals surface area contributed by atoms with Crippen molar-refractivity contribution >= 4 is 17.6 Å². The lowest BCUT2D eigenvalue weighted by atomic mass is 10.1. The number of hydrogen-bond donors (Lipinski definition) is 2. The number of carbonyl (C=O) groups is 2. The van der Waals surface area contributed by atoms with Crippen LogP contribution in [0.4, 0.5) is 18.9 Å². The van der Waals surface area contributed by atoms with E-state index in [0.717, 1.165) is 0 Å². The standard InChI is InChI=1S/C13H14F3NO4/c1-21-7-8-4-9(12(19)20)6-10(5-8)17-11(18)2-3-13(14,15)16/h4-6H,2-3,7H2,1H3,(H,17,18)(H,19,20). The number of aromatic carboxylic acids is 1. The van der Waals surface area contributed by atoms with Crippen molar-refractivity contribution in [3.05, 3.63) is 29.3 Å². The Morgan fingerprint density at radius 3 is 2.48 bits per heavy atom. The molecule has 0 saturated carbocycles. The number of carboxylic acid groups (broad SMARTS) is 1. The van der Waals surface area contributed by atoms with Crippen molar-refractivity contribution in [1.29, 1.82) is 0 Å². The van der Waals surface area contributed by atoms with Crippen molar-refractivity contribution in [2.75, 3.05) is 12.4 Å². The van der Waals surface area contributed by atoms with Crippen LogP contribution in [0.1, 0.15) is 28.8 Å². The first kappa shape index (κ1) is 17.0. The number of halogens is 3. The minimum atomic E-state index is -4.42. The second-order valence-corrected chi connectivity index (χ2v) is 4.32. The predicted molar refractivity (Wildman–Crippen MR) is 68.0 cm³/mol. The van der Waals surface area contributed by atoms with Gasteiger partial charge in [0.05, 0.1) is 18.6 Å². The number of amides is 1. The van der Waals surface area contributed by atoms with Crippen LogP contribution >= 0.6 is 0 Å². The van der Waals surface area contributed by atoms with E-state index in [0.29, 0.717) is 5.56 Å². The predicted octanol–water partition coefficient (Wildman–Crippen LogP) is 2.81. The van der Waals surface area contributed by atoms with Gasteiger partial charge in [0.25, 0.3) is 0 Å². The highest BCUT2D eigenvalue weighted by Gasteiger charge is 2.27. The summed E-state index contributed by atoms with van der Waals surface area (Å²) in [7, 11) is 1.41. The zero-order chi connectivity index (χ0) is 16.0. The summed E-state index contributed by atoms with van der Waals surface area (Å²) in [4.78, 5) is 22.4. The van der Waals surface area contributed by atoms with Crippen molar-refractivity contribution < 1.29 is 32.6 Å². The molecule has 21 heavy (non-hydrogen) atoms. The first-order chi connectivity index (χ1) is 9.71. The number of carboxylic acids is 1. The zero-order valence-electron chi connectivity index (χ0n) is 11.2. The number of hydrogen-bond acceptors (Lipinski definition) is 3. The molecule has 0 aliphatic rings. The molecular formula is C13H14F3NO4. The first-order valence-corrected chi connectivity index (χ1v) is 5.94. The number of ether oxygens (including phenoxy) is 1. The largest absolute Gasteiger partial charge is 0.478 e. The van der Waals surface area contributed by atoms with Crippen molar-refractivity contribution in [3.8, 4) is 0 Å². The Morgan fingerprint density at radius 2 is 1.95 bits per heavy atom. The average molecular weight is 305 g/mol.